The smallest absolute Gasteiger partial charge is 0.274 e. The van der Waals surface area contributed by atoms with Crippen LogP contribution in [0.25, 0.3) is 10.9 Å². The summed E-state index contributed by atoms with van der Waals surface area (Å²) in [5, 5.41) is 10.1. The minimum atomic E-state index is -0.456. The minimum absolute atomic E-state index is 0.450. The molecule has 4 nitrogen and oxygen atoms in total. The molecule has 2 aromatic carbocycles. The minimum Gasteiger partial charge on any atom is -0.361 e. The molecule has 0 saturated heterocycles. The first-order chi connectivity index (χ1) is 11.3. The van der Waals surface area contributed by atoms with Crippen molar-refractivity contribution in [2.24, 2.45) is 0 Å². The predicted octanol–water partition coefficient (Wildman–Crippen LogP) is 3.56. The maximum atomic E-state index is 11.6. The van der Waals surface area contributed by atoms with Gasteiger partial charge in [0.05, 0.1) is 0 Å². The number of rotatable bonds is 2. The topological polar surface area (TPSA) is 65.1 Å². The number of nitrogens with one attached hydrogen (secondary N) is 2. The van der Waals surface area contributed by atoms with Gasteiger partial charge in [-0.15, -0.1) is 0 Å². The van der Waals surface area contributed by atoms with E-state index < -0.39 is 5.91 Å². The van der Waals surface area contributed by atoms with E-state index in [0.29, 0.717) is 11.5 Å². The Bertz CT molecular complexity index is 882. The van der Waals surface area contributed by atoms with E-state index in [4.69, 9.17) is 5.21 Å². The van der Waals surface area contributed by atoms with Crippen LogP contribution in [0.2, 0.25) is 0 Å². The molecular weight excluding hydrogens is 288 g/mol. The molecule has 1 heterocycles. The molecule has 0 aliphatic heterocycles. The summed E-state index contributed by atoms with van der Waals surface area (Å²) in [6.07, 6.45) is 5.16. The van der Waals surface area contributed by atoms with Crippen molar-refractivity contribution in [2.45, 2.75) is 25.2 Å². The largest absolute Gasteiger partial charge is 0.361 e. The van der Waals surface area contributed by atoms with Gasteiger partial charge in [0.25, 0.3) is 5.91 Å². The first-order valence-corrected chi connectivity index (χ1v) is 7.88. The van der Waals surface area contributed by atoms with Crippen LogP contribution in [0.4, 0.5) is 0 Å². The van der Waals surface area contributed by atoms with Crippen LogP contribution < -0.4 is 5.48 Å². The normalized spacial score (nSPS) is 17.0. The molecule has 1 aromatic heterocycles. The summed E-state index contributed by atoms with van der Waals surface area (Å²) < 4.78 is 0. The average Bonchev–Trinajstić information content (AvgIpc) is 3.04. The summed E-state index contributed by atoms with van der Waals surface area (Å²) in [6, 6.07) is 14.0. The van der Waals surface area contributed by atoms with Crippen LogP contribution in [0.1, 0.15) is 39.4 Å². The quantitative estimate of drug-likeness (QED) is 0.500. The molecule has 4 rings (SSSR count). The molecule has 4 heteroatoms. The zero-order valence-corrected chi connectivity index (χ0v) is 12.7. The number of aryl methyl sites for hydroxylation is 1. The number of aromatic amines is 1. The molecule has 116 valence electrons. The highest BCUT2D eigenvalue weighted by atomic mass is 16.5. The SMILES string of the molecule is O=C(NO)c1ccc2c(c1)CC(c1c[nH]c3ccccc13)CC2. The highest BCUT2D eigenvalue weighted by molar-refractivity contribution is 5.93. The van der Waals surface area contributed by atoms with E-state index in [1.807, 2.05) is 18.2 Å². The first kappa shape index (κ1) is 14.0. The summed E-state index contributed by atoms with van der Waals surface area (Å²) in [5.41, 5.74) is 7.23. The third-order valence-corrected chi connectivity index (χ3v) is 4.86. The van der Waals surface area contributed by atoms with Gasteiger partial charge in [0.15, 0.2) is 0 Å². The van der Waals surface area contributed by atoms with E-state index in [-0.39, 0.29) is 0 Å². The van der Waals surface area contributed by atoms with E-state index in [1.54, 1.807) is 11.5 Å². The number of carbonyl (C=O) groups excluding carboxylic acids is 1. The summed E-state index contributed by atoms with van der Waals surface area (Å²) in [7, 11) is 0. The van der Waals surface area contributed by atoms with Gasteiger partial charge in [-0.3, -0.25) is 10.0 Å². The van der Waals surface area contributed by atoms with Crippen molar-refractivity contribution >= 4 is 16.8 Å². The van der Waals surface area contributed by atoms with Gasteiger partial charge in [-0.1, -0.05) is 24.3 Å². The number of aromatic nitrogens is 1. The van der Waals surface area contributed by atoms with Gasteiger partial charge in [-0.25, -0.2) is 5.48 Å². The predicted molar refractivity (Wildman–Crippen MR) is 88.8 cm³/mol. The Hall–Kier alpha value is -2.59. The molecule has 1 unspecified atom stereocenters. The van der Waals surface area contributed by atoms with Crippen molar-refractivity contribution in [3.8, 4) is 0 Å². The average molecular weight is 306 g/mol. The molecular formula is C19H18N2O2. The van der Waals surface area contributed by atoms with E-state index in [2.05, 4.69) is 29.4 Å². The second-order valence-electron chi connectivity index (χ2n) is 6.15. The molecule has 3 N–H and O–H groups in total. The van der Waals surface area contributed by atoms with E-state index in [9.17, 15) is 4.79 Å². The lowest BCUT2D eigenvalue weighted by atomic mass is 9.79. The third-order valence-electron chi connectivity index (χ3n) is 4.86. The molecule has 1 atom stereocenters. The van der Waals surface area contributed by atoms with E-state index >= 15 is 0 Å². The van der Waals surface area contributed by atoms with Crippen LogP contribution in [0.3, 0.4) is 0 Å². The second kappa shape index (κ2) is 5.56. The third kappa shape index (κ3) is 2.41. The van der Waals surface area contributed by atoms with Crippen molar-refractivity contribution in [1.29, 1.82) is 0 Å². The summed E-state index contributed by atoms with van der Waals surface area (Å²) in [6.45, 7) is 0. The number of hydrogen-bond acceptors (Lipinski definition) is 2. The standard InChI is InChI=1S/C19H18N2O2/c22-19(21-23)14-8-6-12-5-7-13(9-15(12)10-14)17-11-20-18-4-2-1-3-16(17)18/h1-4,6,8,10-11,13,20,23H,5,7,9H2,(H,21,22). The molecule has 23 heavy (non-hydrogen) atoms. The Kier molecular flexibility index (Phi) is 3.39. The fraction of sp³-hybridized carbons (Fsp3) is 0.211. The Balaban J connectivity index is 1.69. The number of hydrogen-bond donors (Lipinski definition) is 3. The number of carbonyl (C=O) groups is 1. The van der Waals surface area contributed by atoms with E-state index in [0.717, 1.165) is 19.3 Å². The van der Waals surface area contributed by atoms with Gasteiger partial charge in [0.1, 0.15) is 0 Å². The van der Waals surface area contributed by atoms with Gasteiger partial charge >= 0.3 is 0 Å². The highest BCUT2D eigenvalue weighted by Gasteiger charge is 2.23. The lowest BCUT2D eigenvalue weighted by molar-refractivity contribution is 0.0706. The van der Waals surface area contributed by atoms with Crippen molar-refractivity contribution in [3.63, 3.8) is 0 Å². The lowest BCUT2D eigenvalue weighted by Gasteiger charge is -2.25. The number of amides is 1. The first-order valence-electron chi connectivity index (χ1n) is 7.88. The Morgan fingerprint density at radius 3 is 2.91 bits per heavy atom. The van der Waals surface area contributed by atoms with Gasteiger partial charge in [-0.2, -0.15) is 0 Å². The molecule has 1 aliphatic rings. The van der Waals surface area contributed by atoms with Crippen molar-refractivity contribution in [3.05, 3.63) is 70.9 Å². The number of para-hydroxylation sites is 1. The van der Waals surface area contributed by atoms with Crippen LogP contribution in [-0.2, 0) is 12.8 Å². The van der Waals surface area contributed by atoms with Crippen molar-refractivity contribution in [2.75, 3.05) is 0 Å². The van der Waals surface area contributed by atoms with Gasteiger partial charge < -0.3 is 4.98 Å². The molecule has 0 radical (unpaired) electrons. The highest BCUT2D eigenvalue weighted by Crippen LogP contribution is 2.36. The second-order valence-corrected chi connectivity index (χ2v) is 6.15. The molecule has 0 spiro atoms. The Labute approximate surface area is 134 Å². The number of fused-ring (bicyclic) bond motifs is 2. The monoisotopic (exact) mass is 306 g/mol. The lowest BCUT2D eigenvalue weighted by Crippen LogP contribution is -2.20. The van der Waals surface area contributed by atoms with Crippen LogP contribution in [0.15, 0.2) is 48.7 Å². The van der Waals surface area contributed by atoms with Gasteiger partial charge in [-0.05, 0) is 60.1 Å². The number of benzene rings is 2. The van der Waals surface area contributed by atoms with Crippen LogP contribution in [-0.4, -0.2) is 16.1 Å². The Morgan fingerprint density at radius 1 is 1.17 bits per heavy atom. The van der Waals surface area contributed by atoms with Crippen molar-refractivity contribution < 1.29 is 10.0 Å². The fourth-order valence-electron chi connectivity index (χ4n) is 3.66. The maximum absolute atomic E-state index is 11.6. The van der Waals surface area contributed by atoms with Gasteiger partial charge in [0.2, 0.25) is 0 Å². The van der Waals surface area contributed by atoms with E-state index in [1.165, 1.54) is 27.6 Å². The number of H-pyrrole nitrogens is 1. The van der Waals surface area contributed by atoms with Crippen LogP contribution in [0.5, 0.6) is 0 Å². The summed E-state index contributed by atoms with van der Waals surface area (Å²) in [5.74, 6) is -0.00638. The Morgan fingerprint density at radius 2 is 2.04 bits per heavy atom. The zero-order chi connectivity index (χ0) is 15.8. The molecule has 3 aromatic rings. The fourth-order valence-corrected chi connectivity index (χ4v) is 3.66. The van der Waals surface area contributed by atoms with Gasteiger partial charge in [0, 0.05) is 22.7 Å². The maximum Gasteiger partial charge on any atom is 0.274 e. The zero-order valence-electron chi connectivity index (χ0n) is 12.7. The molecule has 0 fully saturated rings. The van der Waals surface area contributed by atoms with Crippen LogP contribution in [0, 0.1) is 0 Å². The molecule has 0 saturated carbocycles. The van der Waals surface area contributed by atoms with Crippen LogP contribution >= 0.6 is 0 Å². The summed E-state index contributed by atoms with van der Waals surface area (Å²) in [4.78, 5) is 15.0. The van der Waals surface area contributed by atoms with Crippen molar-refractivity contribution in [1.82, 2.24) is 10.5 Å². The number of hydroxylamine groups is 1. The molecule has 0 bridgehead atoms. The molecule has 1 amide bonds. The molecule has 1 aliphatic carbocycles. The summed E-state index contributed by atoms with van der Waals surface area (Å²) >= 11 is 0.